The van der Waals surface area contributed by atoms with Crippen LogP contribution in [-0.4, -0.2) is 59.7 Å². The van der Waals surface area contributed by atoms with Gasteiger partial charge in [0.2, 0.25) is 6.41 Å². The van der Waals surface area contributed by atoms with Crippen molar-refractivity contribution in [3.05, 3.63) is 39.7 Å². The summed E-state index contributed by atoms with van der Waals surface area (Å²) in [4.78, 5) is 38.1. The quantitative estimate of drug-likeness (QED) is 0.479. The first-order valence-electron chi connectivity index (χ1n) is 10.9. The maximum atomic E-state index is 12.5. The summed E-state index contributed by atoms with van der Waals surface area (Å²) in [5, 5.41) is 4.04. The fraction of sp³-hybridized carbons (Fsp3) is 0.391. The Morgan fingerprint density at radius 1 is 1.33 bits per heavy atom. The van der Waals surface area contributed by atoms with E-state index in [2.05, 4.69) is 27.2 Å². The molecule has 5 rings (SSSR count). The summed E-state index contributed by atoms with van der Waals surface area (Å²) >= 11 is 2.70. The number of ether oxygens (including phenoxy) is 1. The summed E-state index contributed by atoms with van der Waals surface area (Å²) in [5.74, 6) is 0.656. The van der Waals surface area contributed by atoms with Crippen molar-refractivity contribution in [1.29, 1.82) is 0 Å². The number of thioether (sulfide) groups is 1. The molecule has 0 spiro atoms. The highest BCUT2D eigenvalue weighted by molar-refractivity contribution is 8.18. The van der Waals surface area contributed by atoms with Crippen LogP contribution in [0.4, 0.5) is 10.8 Å². The second-order valence-electron chi connectivity index (χ2n) is 8.51. The summed E-state index contributed by atoms with van der Waals surface area (Å²) in [7, 11) is 2.10. The van der Waals surface area contributed by atoms with Crippen molar-refractivity contribution in [2.75, 3.05) is 25.0 Å². The number of nitrogens with zero attached hydrogens (tertiary/aromatic N) is 4. The Labute approximate surface area is 200 Å². The minimum atomic E-state index is -0.189. The van der Waals surface area contributed by atoms with Gasteiger partial charge in [0.05, 0.1) is 15.5 Å². The predicted molar refractivity (Wildman–Crippen MR) is 132 cm³/mol. The van der Waals surface area contributed by atoms with Crippen molar-refractivity contribution >= 4 is 57.5 Å². The number of aliphatic imine (C=N–C) groups is 1. The molecule has 0 bridgehead atoms. The molecule has 1 aliphatic carbocycles. The first-order valence-corrected chi connectivity index (χ1v) is 12.6. The van der Waals surface area contributed by atoms with E-state index in [0.29, 0.717) is 15.2 Å². The van der Waals surface area contributed by atoms with Crippen molar-refractivity contribution in [3.8, 4) is 5.75 Å². The second-order valence-corrected chi connectivity index (χ2v) is 10.6. The Balaban J connectivity index is 1.26. The Hall–Kier alpha value is -2.69. The highest BCUT2D eigenvalue weighted by atomic mass is 32.2. The van der Waals surface area contributed by atoms with E-state index in [0.717, 1.165) is 60.6 Å². The molecule has 10 heteroatoms. The number of anilines is 1. The summed E-state index contributed by atoms with van der Waals surface area (Å²) in [6.07, 6.45) is 7.60. The van der Waals surface area contributed by atoms with Gasteiger partial charge in [0.15, 0.2) is 10.3 Å². The van der Waals surface area contributed by atoms with Gasteiger partial charge in [-0.25, -0.2) is 9.98 Å². The number of thiazole rings is 1. The average molecular weight is 484 g/mol. The lowest BCUT2D eigenvalue weighted by Gasteiger charge is -2.14. The van der Waals surface area contributed by atoms with E-state index in [4.69, 9.17) is 4.74 Å². The van der Waals surface area contributed by atoms with Gasteiger partial charge < -0.3 is 15.0 Å². The Morgan fingerprint density at radius 3 is 2.88 bits per heavy atom. The molecule has 2 aliphatic heterocycles. The molecule has 0 radical (unpaired) electrons. The van der Waals surface area contributed by atoms with Crippen LogP contribution in [0.5, 0.6) is 5.75 Å². The van der Waals surface area contributed by atoms with Gasteiger partial charge >= 0.3 is 0 Å². The lowest BCUT2D eigenvalue weighted by atomic mass is 10.2. The van der Waals surface area contributed by atoms with E-state index < -0.39 is 0 Å². The highest BCUT2D eigenvalue weighted by Crippen LogP contribution is 2.35. The third-order valence-electron chi connectivity index (χ3n) is 5.75. The molecular weight excluding hydrogens is 458 g/mol. The number of rotatable bonds is 7. The van der Waals surface area contributed by atoms with Crippen molar-refractivity contribution in [1.82, 2.24) is 15.2 Å². The van der Waals surface area contributed by atoms with E-state index in [1.54, 1.807) is 17.2 Å². The van der Waals surface area contributed by atoms with Crippen molar-refractivity contribution < 1.29 is 14.3 Å². The minimum absolute atomic E-state index is 0.189. The monoisotopic (exact) mass is 483 g/mol. The zero-order valence-corrected chi connectivity index (χ0v) is 20.1. The fourth-order valence-corrected chi connectivity index (χ4v) is 5.63. The summed E-state index contributed by atoms with van der Waals surface area (Å²) in [5.41, 5.74) is 1.78. The fourth-order valence-electron chi connectivity index (χ4n) is 3.83. The number of amidine groups is 1. The maximum absolute atomic E-state index is 12.5. The molecule has 3 fully saturated rings. The lowest BCUT2D eigenvalue weighted by Crippen LogP contribution is -2.22. The Kier molecular flexibility index (Phi) is 6.22. The van der Waals surface area contributed by atoms with E-state index >= 15 is 0 Å². The van der Waals surface area contributed by atoms with Crippen molar-refractivity contribution in [2.24, 2.45) is 4.99 Å². The van der Waals surface area contributed by atoms with Crippen LogP contribution in [-0.2, 0) is 9.59 Å². The third kappa shape index (κ3) is 5.13. The molecule has 3 heterocycles. The number of carbonyl (C=O) groups is 2. The smallest absolute Gasteiger partial charge is 0.264 e. The van der Waals surface area contributed by atoms with Gasteiger partial charge in [0, 0.05) is 25.3 Å². The predicted octanol–water partition coefficient (Wildman–Crippen LogP) is 3.55. The zero-order valence-electron chi connectivity index (χ0n) is 18.5. The maximum Gasteiger partial charge on any atom is 0.264 e. The molecule has 33 heavy (non-hydrogen) atoms. The lowest BCUT2D eigenvalue weighted by molar-refractivity contribution is -0.115. The molecule has 3 aliphatic rings. The van der Waals surface area contributed by atoms with Gasteiger partial charge in [-0.1, -0.05) is 11.3 Å². The van der Waals surface area contributed by atoms with Crippen LogP contribution in [0.1, 0.15) is 29.7 Å². The molecule has 1 atom stereocenters. The van der Waals surface area contributed by atoms with Crippen molar-refractivity contribution in [3.63, 3.8) is 0 Å². The second kappa shape index (κ2) is 9.28. The first-order chi connectivity index (χ1) is 16.0. The number of likely N-dealkylation sites (tertiary alicyclic amines) is 1. The zero-order chi connectivity index (χ0) is 22.9. The Morgan fingerprint density at radius 2 is 2.18 bits per heavy atom. The summed E-state index contributed by atoms with van der Waals surface area (Å²) in [6, 6.07) is 6.11. The largest absolute Gasteiger partial charge is 0.489 e. The standard InChI is InChI=1S/C23H25N5O3S2/c1-14-9-16(31-17-7-8-27(2)12-17)5-6-19(14)25-22-26-21(30)20(33-22)10-18-11-24-23(32-18)28(13-29)15-3-4-15/h5-6,9-11,13,15,17H,3-4,7-8,12H2,1-2H3,(H,25,26,30)/b20-10-. The van der Waals surface area contributed by atoms with E-state index in [-0.39, 0.29) is 18.1 Å². The topological polar surface area (TPSA) is 87.1 Å². The molecule has 2 amide bonds. The molecule has 2 saturated heterocycles. The number of aromatic nitrogens is 1. The Bertz CT molecular complexity index is 1140. The number of aryl methyl sites for hydroxylation is 1. The average Bonchev–Trinajstić information content (AvgIpc) is 3.20. The van der Waals surface area contributed by atoms with Crippen LogP contribution >= 0.6 is 23.1 Å². The molecule has 1 aromatic carbocycles. The van der Waals surface area contributed by atoms with Gasteiger partial charge in [0.25, 0.3) is 5.91 Å². The molecule has 1 unspecified atom stereocenters. The molecule has 1 aromatic heterocycles. The van der Waals surface area contributed by atoms with Crippen LogP contribution in [0.2, 0.25) is 0 Å². The van der Waals surface area contributed by atoms with Crippen LogP contribution < -0.4 is 15.0 Å². The summed E-state index contributed by atoms with van der Waals surface area (Å²) < 4.78 is 6.09. The molecule has 1 saturated carbocycles. The molecule has 2 aromatic rings. The van der Waals surface area contributed by atoms with Gasteiger partial charge in [-0.2, -0.15) is 0 Å². The van der Waals surface area contributed by atoms with Crippen LogP contribution in [0.3, 0.4) is 0 Å². The van der Waals surface area contributed by atoms with E-state index in [9.17, 15) is 9.59 Å². The normalized spacial score (nSPS) is 23.3. The van der Waals surface area contributed by atoms with Crippen LogP contribution in [0.15, 0.2) is 34.3 Å². The number of carbonyl (C=O) groups excluding carboxylic acids is 2. The molecular formula is C23H25N5O3S2. The minimum Gasteiger partial charge on any atom is -0.489 e. The molecule has 172 valence electrons. The van der Waals surface area contributed by atoms with Crippen LogP contribution in [0, 0.1) is 6.92 Å². The number of nitrogens with one attached hydrogen (secondary N) is 1. The van der Waals surface area contributed by atoms with Gasteiger partial charge in [-0.05, 0) is 74.8 Å². The van der Waals surface area contributed by atoms with Crippen molar-refractivity contribution in [2.45, 2.75) is 38.3 Å². The number of likely N-dealkylation sites (N-methyl/N-ethyl adjacent to an activating group) is 1. The number of hydrogen-bond donors (Lipinski definition) is 1. The van der Waals surface area contributed by atoms with E-state index in [1.165, 1.54) is 23.1 Å². The first kappa shape index (κ1) is 22.1. The van der Waals surface area contributed by atoms with Crippen LogP contribution in [0.25, 0.3) is 6.08 Å². The number of benzene rings is 1. The molecule has 8 nitrogen and oxygen atoms in total. The highest BCUT2D eigenvalue weighted by Gasteiger charge is 2.31. The van der Waals surface area contributed by atoms with Gasteiger partial charge in [0.1, 0.15) is 11.9 Å². The number of amides is 2. The third-order valence-corrected chi connectivity index (χ3v) is 7.62. The van der Waals surface area contributed by atoms with Gasteiger partial charge in [-0.3, -0.25) is 14.5 Å². The summed E-state index contributed by atoms with van der Waals surface area (Å²) in [6.45, 7) is 3.99. The van der Waals surface area contributed by atoms with Gasteiger partial charge in [-0.15, -0.1) is 0 Å². The molecule has 1 N–H and O–H groups in total. The SMILES string of the molecule is Cc1cc(OC2CCN(C)C2)ccc1/N=C1/NC(=O)/C(=C/c2cnc(N(C=O)C3CC3)s2)S1. The van der Waals surface area contributed by atoms with E-state index in [1.807, 2.05) is 25.1 Å². The number of hydrogen-bond acceptors (Lipinski definition) is 8.